The molecule has 1 fully saturated rings. The fourth-order valence-electron chi connectivity index (χ4n) is 5.89. The average molecular weight is 573 g/mol. The van der Waals surface area contributed by atoms with Crippen LogP contribution in [0.3, 0.4) is 0 Å². The summed E-state index contributed by atoms with van der Waals surface area (Å²) in [6.45, 7) is 11.5. The highest BCUT2D eigenvalue weighted by Gasteiger charge is 2.28. The summed E-state index contributed by atoms with van der Waals surface area (Å²) in [6.07, 6.45) is 6.80. The number of nitrogen functional groups attached to an aromatic ring is 1. The fraction of sp³-hybridized carbons (Fsp3) is 0.424. The average Bonchev–Trinajstić information content (AvgIpc) is 3.00. The molecule has 0 saturated carbocycles. The predicted octanol–water partition coefficient (Wildman–Crippen LogP) is 4.30. The van der Waals surface area contributed by atoms with Gasteiger partial charge in [0, 0.05) is 67.5 Å². The van der Waals surface area contributed by atoms with Gasteiger partial charge in [-0.1, -0.05) is 0 Å². The van der Waals surface area contributed by atoms with Crippen molar-refractivity contribution in [2.24, 2.45) is 5.84 Å². The molecule has 9 nitrogen and oxygen atoms in total. The minimum Gasteiger partial charge on any atom is -0.497 e. The van der Waals surface area contributed by atoms with Crippen LogP contribution in [0, 0.1) is 20.8 Å². The van der Waals surface area contributed by atoms with Gasteiger partial charge < -0.3 is 19.9 Å². The lowest BCUT2D eigenvalue weighted by Crippen LogP contribution is -2.48. The van der Waals surface area contributed by atoms with Gasteiger partial charge in [0.15, 0.2) is 0 Å². The van der Waals surface area contributed by atoms with Crippen molar-refractivity contribution < 1.29 is 14.3 Å². The van der Waals surface area contributed by atoms with Gasteiger partial charge in [-0.05, 0) is 112 Å². The van der Waals surface area contributed by atoms with Crippen molar-refractivity contribution in [3.05, 3.63) is 88.2 Å². The number of pyridine rings is 1. The highest BCUT2D eigenvalue weighted by molar-refractivity contribution is 6.00. The number of aryl methyl sites for hydroxylation is 3. The topological polar surface area (TPSA) is 113 Å². The number of benzene rings is 2. The molecule has 9 heteroatoms. The number of ether oxygens (including phenoxy) is 1. The summed E-state index contributed by atoms with van der Waals surface area (Å²) in [5, 5.41) is 3.09. The molecule has 0 spiro atoms. The second-order valence-electron chi connectivity index (χ2n) is 11.2. The zero-order valence-electron chi connectivity index (χ0n) is 25.4. The number of amides is 2. The summed E-state index contributed by atoms with van der Waals surface area (Å²) in [5.41, 5.74) is 8.39. The molecule has 2 aromatic carbocycles. The molecule has 0 unspecified atom stereocenters. The summed E-state index contributed by atoms with van der Waals surface area (Å²) in [5.74, 6) is 5.63. The number of piperidine rings is 1. The molecule has 224 valence electrons. The van der Waals surface area contributed by atoms with Crippen molar-refractivity contribution in [1.82, 2.24) is 20.6 Å². The van der Waals surface area contributed by atoms with Crippen LogP contribution in [0.1, 0.15) is 69.2 Å². The van der Waals surface area contributed by atoms with E-state index in [1.54, 1.807) is 19.2 Å². The Bertz CT molecular complexity index is 1350. The van der Waals surface area contributed by atoms with Gasteiger partial charge in [-0.25, -0.2) is 5.84 Å². The monoisotopic (exact) mass is 572 g/mol. The lowest BCUT2D eigenvalue weighted by Gasteiger charge is -2.42. The van der Waals surface area contributed by atoms with Crippen LogP contribution in [-0.4, -0.2) is 60.5 Å². The molecule has 1 aromatic heterocycles. The number of carbonyl (C=O) groups excluding carboxylic acids is 2. The van der Waals surface area contributed by atoms with Crippen LogP contribution in [-0.2, 0) is 6.54 Å². The first-order chi connectivity index (χ1) is 20.2. The van der Waals surface area contributed by atoms with Crippen LogP contribution in [0.2, 0.25) is 0 Å². The Hall–Kier alpha value is -3.95. The van der Waals surface area contributed by atoms with Crippen LogP contribution in [0.5, 0.6) is 5.75 Å². The molecule has 3 aromatic rings. The summed E-state index contributed by atoms with van der Waals surface area (Å²) < 4.78 is 5.39. The number of aromatic nitrogens is 1. The van der Waals surface area contributed by atoms with Crippen LogP contribution >= 0.6 is 0 Å². The van der Waals surface area contributed by atoms with Gasteiger partial charge in [-0.2, -0.15) is 0 Å². The number of hydrogen-bond acceptors (Lipinski definition) is 7. The molecule has 4 N–H and O–H groups in total. The minimum atomic E-state index is -0.370. The van der Waals surface area contributed by atoms with E-state index in [1.807, 2.05) is 38.4 Å². The van der Waals surface area contributed by atoms with Crippen LogP contribution in [0.15, 0.2) is 54.9 Å². The number of likely N-dealkylation sites (tertiary alicyclic amines) is 1. The Kier molecular flexibility index (Phi) is 10.5. The van der Waals surface area contributed by atoms with Crippen LogP contribution < -0.4 is 26.2 Å². The van der Waals surface area contributed by atoms with E-state index in [1.165, 1.54) is 16.8 Å². The molecule has 1 saturated heterocycles. The Morgan fingerprint density at radius 2 is 1.71 bits per heavy atom. The third-order valence-corrected chi connectivity index (χ3v) is 8.46. The van der Waals surface area contributed by atoms with Gasteiger partial charge in [-0.3, -0.25) is 20.0 Å². The van der Waals surface area contributed by atoms with E-state index in [2.05, 4.69) is 57.6 Å². The van der Waals surface area contributed by atoms with Gasteiger partial charge in [0.25, 0.3) is 11.8 Å². The Morgan fingerprint density at radius 1 is 1.05 bits per heavy atom. The minimum absolute atomic E-state index is 0.114. The SMILES string of the molecule is COc1ccc(N(Cc2cnccc2C)C2CCN([C@H](C)CCNC(=O)c3c(C)cc(C(=O)NN)cc3C)CC2)cc1. The highest BCUT2D eigenvalue weighted by Crippen LogP contribution is 2.29. The molecule has 1 aliphatic rings. The maximum atomic E-state index is 13.0. The van der Waals surface area contributed by atoms with E-state index >= 15 is 0 Å². The van der Waals surface area contributed by atoms with Gasteiger partial charge in [-0.15, -0.1) is 0 Å². The number of hydrazine groups is 1. The number of rotatable bonds is 11. The molecule has 4 rings (SSSR count). The number of carbonyl (C=O) groups is 2. The molecular formula is C33H44N6O3. The fourth-order valence-corrected chi connectivity index (χ4v) is 5.89. The van der Waals surface area contributed by atoms with E-state index in [9.17, 15) is 9.59 Å². The summed E-state index contributed by atoms with van der Waals surface area (Å²) in [4.78, 5) is 34.3. The van der Waals surface area contributed by atoms with Crippen molar-refractivity contribution in [2.75, 3.05) is 31.6 Å². The van der Waals surface area contributed by atoms with Crippen LogP contribution in [0.4, 0.5) is 5.69 Å². The summed E-state index contributed by atoms with van der Waals surface area (Å²) in [7, 11) is 1.69. The quantitative estimate of drug-likeness (QED) is 0.178. The number of methoxy groups -OCH3 is 1. The first-order valence-corrected chi connectivity index (χ1v) is 14.7. The number of nitrogens with two attached hydrogens (primary N) is 1. The Morgan fingerprint density at radius 3 is 2.31 bits per heavy atom. The zero-order valence-corrected chi connectivity index (χ0v) is 25.4. The Labute approximate surface area is 249 Å². The van der Waals surface area contributed by atoms with Gasteiger partial charge >= 0.3 is 0 Å². The number of anilines is 1. The van der Waals surface area contributed by atoms with E-state index in [4.69, 9.17) is 10.6 Å². The molecule has 42 heavy (non-hydrogen) atoms. The third kappa shape index (κ3) is 7.46. The number of nitrogens with zero attached hydrogens (tertiary/aromatic N) is 3. The molecule has 0 radical (unpaired) electrons. The van der Waals surface area contributed by atoms with E-state index in [0.717, 1.165) is 55.8 Å². The maximum Gasteiger partial charge on any atom is 0.265 e. The number of hydrogen-bond donors (Lipinski definition) is 3. The maximum absolute atomic E-state index is 13.0. The molecule has 2 heterocycles. The molecule has 0 aliphatic carbocycles. The Balaban J connectivity index is 1.33. The van der Waals surface area contributed by atoms with Crippen molar-refractivity contribution >= 4 is 17.5 Å². The van der Waals surface area contributed by atoms with Gasteiger partial charge in [0.1, 0.15) is 5.75 Å². The summed E-state index contributed by atoms with van der Waals surface area (Å²) in [6, 6.07) is 14.6. The van der Waals surface area contributed by atoms with E-state index in [-0.39, 0.29) is 11.8 Å². The van der Waals surface area contributed by atoms with Crippen LogP contribution in [0.25, 0.3) is 0 Å². The lowest BCUT2D eigenvalue weighted by atomic mass is 9.98. The standard InChI is InChI=1S/C33H44N6O3/c1-22-10-14-35-20-27(22)21-39(28-6-8-30(42-5)9-7-28)29-12-16-38(17-13-29)25(4)11-15-36-33(41)31-23(2)18-26(19-24(31)3)32(40)37-34/h6-10,14,18-20,25,29H,11-13,15-17,21,34H2,1-5H3,(H,36,41)(H,37,40)/t25-/m1/s1. The van der Waals surface area contributed by atoms with E-state index < -0.39 is 0 Å². The molecule has 2 amide bonds. The third-order valence-electron chi connectivity index (χ3n) is 8.46. The molecule has 1 aliphatic heterocycles. The second-order valence-corrected chi connectivity index (χ2v) is 11.2. The largest absolute Gasteiger partial charge is 0.497 e. The van der Waals surface area contributed by atoms with Crippen molar-refractivity contribution in [1.29, 1.82) is 0 Å². The molecule has 1 atom stereocenters. The molecule has 0 bridgehead atoms. The highest BCUT2D eigenvalue weighted by atomic mass is 16.5. The molecular weight excluding hydrogens is 528 g/mol. The first-order valence-electron chi connectivity index (χ1n) is 14.7. The predicted molar refractivity (Wildman–Crippen MR) is 167 cm³/mol. The zero-order chi connectivity index (χ0) is 30.2. The van der Waals surface area contributed by atoms with Gasteiger partial charge in [0.05, 0.1) is 7.11 Å². The normalized spacial score (nSPS) is 14.7. The summed E-state index contributed by atoms with van der Waals surface area (Å²) >= 11 is 0. The second kappa shape index (κ2) is 14.3. The van der Waals surface area contributed by atoms with Crippen molar-refractivity contribution in [3.8, 4) is 5.75 Å². The van der Waals surface area contributed by atoms with Crippen molar-refractivity contribution in [3.63, 3.8) is 0 Å². The van der Waals surface area contributed by atoms with Gasteiger partial charge in [0.2, 0.25) is 0 Å². The number of nitrogens with one attached hydrogen (secondary N) is 2. The van der Waals surface area contributed by atoms with Crippen molar-refractivity contribution in [2.45, 2.75) is 65.6 Å². The van der Waals surface area contributed by atoms with E-state index in [0.29, 0.717) is 29.8 Å². The smallest absolute Gasteiger partial charge is 0.265 e. The first kappa shape index (κ1) is 31.0. The lowest BCUT2D eigenvalue weighted by molar-refractivity contribution is 0.0935.